The summed E-state index contributed by atoms with van der Waals surface area (Å²) in [4.78, 5) is 15.6. The number of rotatable bonds is 3. The fourth-order valence-electron chi connectivity index (χ4n) is 1.72. The maximum Gasteiger partial charge on any atom is 0.339 e. The van der Waals surface area contributed by atoms with Gasteiger partial charge < -0.3 is 9.47 Å². The molecule has 2 aromatic rings. The summed E-state index contributed by atoms with van der Waals surface area (Å²) in [5.41, 5.74) is 0.905. The Bertz CT molecular complexity index is 644. The SMILES string of the molecule is COC(=O)c1cc(F)cc(-c2ccc(OC)nc2)c1Cl. The highest BCUT2D eigenvalue weighted by atomic mass is 35.5. The van der Waals surface area contributed by atoms with E-state index in [4.69, 9.17) is 16.3 Å². The average molecular weight is 296 g/mol. The Labute approximate surface area is 120 Å². The van der Waals surface area contributed by atoms with Gasteiger partial charge in [-0.1, -0.05) is 11.6 Å². The molecule has 0 bridgehead atoms. The van der Waals surface area contributed by atoms with E-state index in [1.807, 2.05) is 0 Å². The van der Waals surface area contributed by atoms with Crippen LogP contribution in [0.4, 0.5) is 4.39 Å². The standard InChI is InChI=1S/C14H11ClFNO3/c1-19-12-4-3-8(7-17-12)10-5-9(16)6-11(13(10)15)14(18)20-2/h3-7H,1-2H3. The molecule has 2 rings (SSSR count). The second-order valence-electron chi connectivity index (χ2n) is 3.90. The highest BCUT2D eigenvalue weighted by Gasteiger charge is 2.17. The van der Waals surface area contributed by atoms with Crippen molar-refractivity contribution in [3.63, 3.8) is 0 Å². The smallest absolute Gasteiger partial charge is 0.339 e. The summed E-state index contributed by atoms with van der Waals surface area (Å²) in [5.74, 6) is -0.854. The average Bonchev–Trinajstić information content (AvgIpc) is 2.48. The molecule has 0 radical (unpaired) electrons. The number of hydrogen-bond acceptors (Lipinski definition) is 4. The first kappa shape index (κ1) is 14.3. The van der Waals surface area contributed by atoms with E-state index in [1.54, 1.807) is 12.1 Å². The van der Waals surface area contributed by atoms with Crippen molar-refractivity contribution in [3.8, 4) is 17.0 Å². The number of halogens is 2. The Morgan fingerprint density at radius 1 is 1.30 bits per heavy atom. The predicted octanol–water partition coefficient (Wildman–Crippen LogP) is 3.34. The van der Waals surface area contributed by atoms with Crippen LogP contribution >= 0.6 is 11.6 Å². The Morgan fingerprint density at radius 2 is 2.05 bits per heavy atom. The fraction of sp³-hybridized carbons (Fsp3) is 0.143. The molecule has 0 saturated heterocycles. The Morgan fingerprint density at radius 3 is 2.60 bits per heavy atom. The molecule has 0 spiro atoms. The molecule has 0 aliphatic heterocycles. The largest absolute Gasteiger partial charge is 0.481 e. The molecule has 104 valence electrons. The second kappa shape index (κ2) is 5.88. The van der Waals surface area contributed by atoms with Crippen LogP contribution < -0.4 is 4.74 Å². The van der Waals surface area contributed by atoms with Gasteiger partial charge in [-0.3, -0.25) is 0 Å². The molecule has 1 heterocycles. The highest BCUT2D eigenvalue weighted by Crippen LogP contribution is 2.32. The molecule has 0 unspecified atom stereocenters. The van der Waals surface area contributed by atoms with Gasteiger partial charge in [0.15, 0.2) is 0 Å². The quantitative estimate of drug-likeness (QED) is 0.815. The number of pyridine rings is 1. The molecule has 20 heavy (non-hydrogen) atoms. The summed E-state index contributed by atoms with van der Waals surface area (Å²) in [6.07, 6.45) is 1.49. The Hall–Kier alpha value is -2.14. The third-order valence-electron chi connectivity index (χ3n) is 2.70. The van der Waals surface area contributed by atoms with Crippen LogP contribution in [0.3, 0.4) is 0 Å². The van der Waals surface area contributed by atoms with Crippen molar-refractivity contribution in [2.24, 2.45) is 0 Å². The van der Waals surface area contributed by atoms with Gasteiger partial charge in [0, 0.05) is 23.4 Å². The zero-order chi connectivity index (χ0) is 14.7. The van der Waals surface area contributed by atoms with E-state index in [0.29, 0.717) is 17.0 Å². The number of ether oxygens (including phenoxy) is 2. The molecule has 4 nitrogen and oxygen atoms in total. The van der Waals surface area contributed by atoms with Gasteiger partial charge in [0.05, 0.1) is 24.8 Å². The van der Waals surface area contributed by atoms with Gasteiger partial charge in [-0.15, -0.1) is 0 Å². The summed E-state index contributed by atoms with van der Waals surface area (Å²) < 4.78 is 23.1. The van der Waals surface area contributed by atoms with Crippen LogP contribution in [-0.2, 0) is 4.74 Å². The number of esters is 1. The molecular formula is C14H11ClFNO3. The number of carbonyl (C=O) groups is 1. The van der Waals surface area contributed by atoms with Crippen LogP contribution in [0.5, 0.6) is 5.88 Å². The number of aromatic nitrogens is 1. The summed E-state index contributed by atoms with van der Waals surface area (Å²) in [6, 6.07) is 5.56. The molecule has 0 saturated carbocycles. The lowest BCUT2D eigenvalue weighted by molar-refractivity contribution is 0.0600. The maximum atomic E-state index is 13.6. The molecule has 0 aliphatic carbocycles. The molecule has 1 aromatic heterocycles. The summed E-state index contributed by atoms with van der Waals surface area (Å²) >= 11 is 6.14. The van der Waals surface area contributed by atoms with E-state index < -0.39 is 11.8 Å². The van der Waals surface area contributed by atoms with Crippen LogP contribution in [0.15, 0.2) is 30.5 Å². The zero-order valence-corrected chi connectivity index (χ0v) is 11.6. The van der Waals surface area contributed by atoms with Gasteiger partial charge >= 0.3 is 5.97 Å². The zero-order valence-electron chi connectivity index (χ0n) is 10.8. The van der Waals surface area contributed by atoms with Crippen LogP contribution in [0, 0.1) is 5.82 Å². The van der Waals surface area contributed by atoms with E-state index >= 15 is 0 Å². The van der Waals surface area contributed by atoms with Gasteiger partial charge in [-0.05, 0) is 18.2 Å². The van der Waals surface area contributed by atoms with Crippen LogP contribution in [-0.4, -0.2) is 25.2 Å². The lowest BCUT2D eigenvalue weighted by Crippen LogP contribution is -2.04. The normalized spacial score (nSPS) is 10.2. The maximum absolute atomic E-state index is 13.6. The number of benzene rings is 1. The number of hydrogen-bond donors (Lipinski definition) is 0. The molecule has 1 aromatic carbocycles. The van der Waals surface area contributed by atoms with Crippen molar-refractivity contribution in [2.75, 3.05) is 14.2 Å². The minimum Gasteiger partial charge on any atom is -0.481 e. The number of nitrogens with zero attached hydrogens (tertiary/aromatic N) is 1. The van der Waals surface area contributed by atoms with Crippen molar-refractivity contribution in [3.05, 3.63) is 46.9 Å². The molecule has 6 heteroatoms. The van der Waals surface area contributed by atoms with Gasteiger partial charge in [0.2, 0.25) is 5.88 Å². The number of carbonyl (C=O) groups excluding carboxylic acids is 1. The summed E-state index contributed by atoms with van der Waals surface area (Å²) in [5, 5.41) is 0.116. The van der Waals surface area contributed by atoms with E-state index in [9.17, 15) is 9.18 Å². The van der Waals surface area contributed by atoms with Gasteiger partial charge in [0.1, 0.15) is 5.82 Å². The van der Waals surface area contributed by atoms with E-state index in [1.165, 1.54) is 26.5 Å². The van der Waals surface area contributed by atoms with Crippen molar-refractivity contribution < 1.29 is 18.7 Å². The first-order chi connectivity index (χ1) is 9.56. The van der Waals surface area contributed by atoms with E-state index in [2.05, 4.69) is 9.72 Å². The van der Waals surface area contributed by atoms with Gasteiger partial charge in [0.25, 0.3) is 0 Å². The van der Waals surface area contributed by atoms with Crippen molar-refractivity contribution in [1.82, 2.24) is 4.98 Å². The number of methoxy groups -OCH3 is 2. The lowest BCUT2D eigenvalue weighted by Gasteiger charge is -2.09. The molecule has 0 N–H and O–H groups in total. The van der Waals surface area contributed by atoms with E-state index in [-0.39, 0.29) is 10.6 Å². The molecule has 0 atom stereocenters. The van der Waals surface area contributed by atoms with E-state index in [0.717, 1.165) is 6.07 Å². The van der Waals surface area contributed by atoms with Crippen LogP contribution in [0.1, 0.15) is 10.4 Å². The minimum absolute atomic E-state index is 0.0278. The third-order valence-corrected chi connectivity index (χ3v) is 3.11. The fourth-order valence-corrected chi connectivity index (χ4v) is 2.01. The highest BCUT2D eigenvalue weighted by molar-refractivity contribution is 6.36. The Balaban J connectivity index is 2.55. The monoisotopic (exact) mass is 295 g/mol. The summed E-state index contributed by atoms with van der Waals surface area (Å²) in [7, 11) is 2.70. The second-order valence-corrected chi connectivity index (χ2v) is 4.27. The van der Waals surface area contributed by atoms with Crippen LogP contribution in [0.2, 0.25) is 5.02 Å². The third kappa shape index (κ3) is 2.72. The van der Waals surface area contributed by atoms with Gasteiger partial charge in [-0.25, -0.2) is 14.2 Å². The first-order valence-electron chi connectivity index (χ1n) is 5.64. The topological polar surface area (TPSA) is 48.4 Å². The summed E-state index contributed by atoms with van der Waals surface area (Å²) in [6.45, 7) is 0. The molecular weight excluding hydrogens is 285 g/mol. The lowest BCUT2D eigenvalue weighted by atomic mass is 10.0. The Kier molecular flexibility index (Phi) is 4.20. The van der Waals surface area contributed by atoms with Gasteiger partial charge in [-0.2, -0.15) is 0 Å². The molecule has 0 fully saturated rings. The van der Waals surface area contributed by atoms with Crippen LogP contribution in [0.25, 0.3) is 11.1 Å². The predicted molar refractivity (Wildman–Crippen MR) is 72.5 cm³/mol. The van der Waals surface area contributed by atoms with Crippen molar-refractivity contribution in [2.45, 2.75) is 0 Å². The molecule has 0 aliphatic rings. The van der Waals surface area contributed by atoms with Crippen molar-refractivity contribution >= 4 is 17.6 Å². The first-order valence-corrected chi connectivity index (χ1v) is 6.02. The van der Waals surface area contributed by atoms with Crippen molar-refractivity contribution in [1.29, 1.82) is 0 Å². The minimum atomic E-state index is -0.697. The molecule has 0 amide bonds.